The Hall–Kier alpha value is -1.26. The first-order valence-electron chi connectivity index (χ1n) is 5.60. The van der Waals surface area contributed by atoms with Crippen molar-refractivity contribution in [2.24, 2.45) is 0 Å². The van der Waals surface area contributed by atoms with Crippen LogP contribution >= 0.6 is 11.8 Å². The van der Waals surface area contributed by atoms with E-state index in [2.05, 4.69) is 10.0 Å². The Balaban J connectivity index is 2.89. The molecule has 0 aliphatic carbocycles. The van der Waals surface area contributed by atoms with Gasteiger partial charge in [-0.3, -0.25) is 4.79 Å². The van der Waals surface area contributed by atoms with Crippen LogP contribution in [0.1, 0.15) is 5.56 Å². The highest BCUT2D eigenvalue weighted by atomic mass is 32.2. The molecule has 21 heavy (non-hydrogen) atoms. The number of benzene rings is 1. The number of anilines is 1. The van der Waals surface area contributed by atoms with E-state index in [-0.39, 0.29) is 10.6 Å². The van der Waals surface area contributed by atoms with Crippen LogP contribution in [0.25, 0.3) is 0 Å². The van der Waals surface area contributed by atoms with Gasteiger partial charge in [0.2, 0.25) is 15.9 Å². The fraction of sp³-hybridized carbons (Fsp3) is 0.364. The van der Waals surface area contributed by atoms with E-state index in [1.807, 2.05) is 0 Å². The molecule has 0 aliphatic rings. The summed E-state index contributed by atoms with van der Waals surface area (Å²) in [5.74, 6) is -1.66. The van der Waals surface area contributed by atoms with Crippen molar-refractivity contribution < 1.29 is 26.4 Å². The third-order valence-corrected chi connectivity index (χ3v) is 4.57. The van der Waals surface area contributed by atoms with Gasteiger partial charge in [-0.15, -0.1) is 0 Å². The van der Waals surface area contributed by atoms with Gasteiger partial charge in [-0.25, -0.2) is 13.1 Å². The molecule has 0 heterocycles. The van der Waals surface area contributed by atoms with Crippen molar-refractivity contribution in [1.82, 2.24) is 4.72 Å². The number of aryl methyl sites for hydroxylation is 1. The molecular formula is C11H13F3N2O3S2. The number of thioether (sulfide) groups is 1. The van der Waals surface area contributed by atoms with E-state index in [0.29, 0.717) is 5.56 Å². The molecule has 0 aromatic heterocycles. The zero-order chi connectivity index (χ0) is 16.3. The standard InChI is InChI=1S/C11H13F3N2O3S2/c1-7-3-4-8(21(18,19)15-2)5-9(7)16-10(17)6-20-11(12,13)14/h3-5,15H,6H2,1-2H3,(H,16,17). The van der Waals surface area contributed by atoms with E-state index in [4.69, 9.17) is 0 Å². The molecule has 1 aromatic rings. The Morgan fingerprint density at radius 2 is 1.95 bits per heavy atom. The second kappa shape index (κ2) is 6.67. The van der Waals surface area contributed by atoms with Crippen LogP contribution < -0.4 is 10.0 Å². The molecule has 0 bridgehead atoms. The van der Waals surface area contributed by atoms with Crippen LogP contribution in [0, 0.1) is 6.92 Å². The molecule has 0 aliphatic heterocycles. The molecule has 1 aromatic carbocycles. The molecule has 118 valence electrons. The number of amides is 1. The molecule has 0 saturated carbocycles. The summed E-state index contributed by atoms with van der Waals surface area (Å²) in [6, 6.07) is 3.98. The van der Waals surface area contributed by atoms with E-state index in [1.165, 1.54) is 25.2 Å². The monoisotopic (exact) mass is 342 g/mol. The third kappa shape index (κ3) is 5.56. The number of sulfonamides is 1. The maximum absolute atomic E-state index is 12.0. The lowest BCUT2D eigenvalue weighted by atomic mass is 10.2. The van der Waals surface area contributed by atoms with Crippen molar-refractivity contribution in [3.05, 3.63) is 23.8 Å². The average Bonchev–Trinajstić information content (AvgIpc) is 2.38. The summed E-state index contributed by atoms with van der Waals surface area (Å²) in [4.78, 5) is 11.4. The number of hydrogen-bond donors (Lipinski definition) is 2. The summed E-state index contributed by atoms with van der Waals surface area (Å²) in [5.41, 5.74) is -3.81. The largest absolute Gasteiger partial charge is 0.442 e. The Morgan fingerprint density at radius 1 is 1.33 bits per heavy atom. The van der Waals surface area contributed by atoms with Crippen molar-refractivity contribution in [3.63, 3.8) is 0 Å². The molecule has 0 atom stereocenters. The summed E-state index contributed by atoms with van der Waals surface area (Å²) in [6.07, 6.45) is 0. The lowest BCUT2D eigenvalue weighted by molar-refractivity contribution is -0.114. The first-order valence-corrected chi connectivity index (χ1v) is 8.07. The number of nitrogens with one attached hydrogen (secondary N) is 2. The zero-order valence-electron chi connectivity index (χ0n) is 11.1. The van der Waals surface area contributed by atoms with Crippen LogP contribution in [-0.4, -0.2) is 32.6 Å². The second-order valence-electron chi connectivity index (χ2n) is 3.97. The summed E-state index contributed by atoms with van der Waals surface area (Å²) < 4.78 is 61.4. The fourth-order valence-corrected chi connectivity index (χ4v) is 2.48. The second-order valence-corrected chi connectivity index (χ2v) is 6.89. The summed E-state index contributed by atoms with van der Waals surface area (Å²) in [7, 11) is -2.47. The zero-order valence-corrected chi connectivity index (χ0v) is 12.7. The normalized spacial score (nSPS) is 12.2. The van der Waals surface area contributed by atoms with Gasteiger partial charge in [0.25, 0.3) is 0 Å². The van der Waals surface area contributed by atoms with Gasteiger partial charge < -0.3 is 5.32 Å². The average molecular weight is 342 g/mol. The third-order valence-electron chi connectivity index (χ3n) is 2.43. The van der Waals surface area contributed by atoms with Crippen molar-refractivity contribution in [3.8, 4) is 0 Å². The minimum absolute atomic E-state index is 0.0885. The predicted molar refractivity (Wildman–Crippen MR) is 74.6 cm³/mol. The number of rotatable bonds is 5. The Morgan fingerprint density at radius 3 is 2.48 bits per heavy atom. The predicted octanol–water partition coefficient (Wildman–Crippen LogP) is 2.09. The van der Waals surface area contributed by atoms with Gasteiger partial charge in [0.15, 0.2) is 0 Å². The van der Waals surface area contributed by atoms with E-state index in [1.54, 1.807) is 6.92 Å². The van der Waals surface area contributed by atoms with Gasteiger partial charge in [-0.05, 0) is 43.4 Å². The molecule has 10 heteroatoms. The molecule has 0 spiro atoms. The van der Waals surface area contributed by atoms with Crippen LogP contribution in [-0.2, 0) is 14.8 Å². The molecular weight excluding hydrogens is 329 g/mol. The topological polar surface area (TPSA) is 75.3 Å². The first-order chi connectivity index (χ1) is 9.55. The van der Waals surface area contributed by atoms with Crippen molar-refractivity contribution in [2.75, 3.05) is 18.1 Å². The van der Waals surface area contributed by atoms with Gasteiger partial charge in [0, 0.05) is 5.69 Å². The van der Waals surface area contributed by atoms with E-state index < -0.39 is 39.0 Å². The number of hydrogen-bond acceptors (Lipinski definition) is 4. The maximum atomic E-state index is 12.0. The molecule has 0 unspecified atom stereocenters. The molecule has 0 radical (unpaired) electrons. The Labute approximate surface area is 124 Å². The van der Waals surface area contributed by atoms with Gasteiger partial charge in [-0.1, -0.05) is 6.07 Å². The Bertz CT molecular complexity index is 630. The maximum Gasteiger partial charge on any atom is 0.442 e. The molecule has 1 amide bonds. The van der Waals surface area contributed by atoms with Crippen molar-refractivity contribution in [1.29, 1.82) is 0 Å². The molecule has 2 N–H and O–H groups in total. The minimum Gasteiger partial charge on any atom is -0.325 e. The lowest BCUT2D eigenvalue weighted by Gasteiger charge is -2.11. The quantitative estimate of drug-likeness (QED) is 0.859. The Kier molecular flexibility index (Phi) is 5.65. The lowest BCUT2D eigenvalue weighted by Crippen LogP contribution is -2.20. The number of halogens is 3. The molecule has 5 nitrogen and oxygen atoms in total. The number of carbonyl (C=O) groups excluding carboxylic acids is 1. The van der Waals surface area contributed by atoms with Crippen molar-refractivity contribution in [2.45, 2.75) is 17.3 Å². The highest BCUT2D eigenvalue weighted by Crippen LogP contribution is 2.30. The first kappa shape index (κ1) is 17.8. The van der Waals surface area contributed by atoms with E-state index in [0.717, 1.165) is 0 Å². The molecule has 1 rings (SSSR count). The fourth-order valence-electron chi connectivity index (χ4n) is 1.35. The molecule has 0 saturated heterocycles. The highest BCUT2D eigenvalue weighted by molar-refractivity contribution is 8.00. The SMILES string of the molecule is CNS(=O)(=O)c1ccc(C)c(NC(=O)CSC(F)(F)F)c1. The van der Waals surface area contributed by atoms with Crippen LogP contribution in [0.3, 0.4) is 0 Å². The van der Waals surface area contributed by atoms with Gasteiger partial charge in [-0.2, -0.15) is 13.2 Å². The highest BCUT2D eigenvalue weighted by Gasteiger charge is 2.29. The van der Waals surface area contributed by atoms with Crippen LogP contribution in [0.5, 0.6) is 0 Å². The van der Waals surface area contributed by atoms with Gasteiger partial charge in [0.1, 0.15) is 0 Å². The molecule has 0 fully saturated rings. The van der Waals surface area contributed by atoms with Gasteiger partial charge in [0.05, 0.1) is 10.6 Å². The number of carbonyl (C=O) groups is 1. The summed E-state index contributed by atoms with van der Waals surface area (Å²) >= 11 is -0.462. The minimum atomic E-state index is -4.50. The van der Waals surface area contributed by atoms with Crippen molar-refractivity contribution >= 4 is 33.4 Å². The van der Waals surface area contributed by atoms with Gasteiger partial charge >= 0.3 is 5.51 Å². The summed E-state index contributed by atoms with van der Waals surface area (Å²) in [6.45, 7) is 1.60. The van der Waals surface area contributed by atoms with Crippen LogP contribution in [0.2, 0.25) is 0 Å². The summed E-state index contributed by atoms with van der Waals surface area (Å²) in [5, 5.41) is 2.27. The smallest absolute Gasteiger partial charge is 0.325 e. The van der Waals surface area contributed by atoms with Crippen LogP contribution in [0.15, 0.2) is 23.1 Å². The van der Waals surface area contributed by atoms with E-state index in [9.17, 15) is 26.4 Å². The number of alkyl halides is 3. The van der Waals surface area contributed by atoms with E-state index >= 15 is 0 Å². The van der Waals surface area contributed by atoms with Crippen LogP contribution in [0.4, 0.5) is 18.9 Å².